The molecule has 0 spiro atoms. The van der Waals surface area contributed by atoms with Crippen LogP contribution in [0.2, 0.25) is 0 Å². The summed E-state index contributed by atoms with van der Waals surface area (Å²) in [6.45, 7) is 0. The molecule has 3 atom stereocenters. The van der Waals surface area contributed by atoms with Crippen LogP contribution in [-0.4, -0.2) is 36.0 Å². The van der Waals surface area contributed by atoms with Crippen molar-refractivity contribution in [2.24, 2.45) is 40.1 Å². The summed E-state index contributed by atoms with van der Waals surface area (Å²) < 4.78 is 14.8. The zero-order valence-electron chi connectivity index (χ0n) is 22.9. The van der Waals surface area contributed by atoms with E-state index in [1.165, 1.54) is 109 Å². The van der Waals surface area contributed by atoms with Crippen LogP contribution in [0, 0.1) is 28.6 Å². The molecule has 4 nitrogen and oxygen atoms in total. The normalized spacial score (nSPS) is 54.8. The molecule has 0 aromatic heterocycles. The first-order chi connectivity index (χ1) is 17.5. The molecular weight excluding hydrogens is 444 g/mol. The van der Waals surface area contributed by atoms with Crippen molar-refractivity contribution in [3.05, 3.63) is 0 Å². The smallest absolute Gasteiger partial charge is 0.0777 e. The molecule has 0 amide bonds. The summed E-state index contributed by atoms with van der Waals surface area (Å²) in [5.74, 6) is 2.67. The van der Waals surface area contributed by atoms with Gasteiger partial charge in [0.1, 0.15) is 0 Å². The van der Waals surface area contributed by atoms with E-state index in [4.69, 9.17) is 20.9 Å². The van der Waals surface area contributed by atoms with Crippen LogP contribution in [0.15, 0.2) is 0 Å². The molecule has 4 bridgehead atoms. The second-order valence-electron chi connectivity index (χ2n) is 15.1. The fraction of sp³-hybridized carbons (Fsp3) is 1.00. The molecule has 7 aliphatic carbocycles. The van der Waals surface area contributed by atoms with Crippen LogP contribution in [-0.2, 0) is 9.47 Å². The Morgan fingerprint density at radius 3 is 1.67 bits per heavy atom. The number of hydrogen-bond acceptors (Lipinski definition) is 4. The van der Waals surface area contributed by atoms with Crippen LogP contribution in [0.25, 0.3) is 0 Å². The molecule has 0 aromatic carbocycles. The molecule has 204 valence electrons. The minimum absolute atomic E-state index is 0.0956. The molecule has 3 unspecified atom stereocenters. The van der Waals surface area contributed by atoms with Gasteiger partial charge in [-0.25, -0.2) is 0 Å². The first kappa shape index (κ1) is 24.9. The number of rotatable bonds is 6. The number of ether oxygens (including phenoxy) is 2. The lowest BCUT2D eigenvalue weighted by atomic mass is 9.51. The monoisotopic (exact) mass is 498 g/mol. The van der Waals surface area contributed by atoms with Gasteiger partial charge in [0.15, 0.2) is 0 Å². The summed E-state index contributed by atoms with van der Waals surface area (Å²) in [6.07, 6.45) is 29.0. The summed E-state index contributed by atoms with van der Waals surface area (Å²) in [6, 6.07) is 0.798. The zero-order valence-corrected chi connectivity index (χ0v) is 22.9. The average Bonchev–Trinajstić information content (AvgIpc) is 3.70. The molecule has 0 radical (unpaired) electrons. The predicted octanol–water partition coefficient (Wildman–Crippen LogP) is 6.63. The highest BCUT2D eigenvalue weighted by atomic mass is 16.5. The van der Waals surface area contributed by atoms with Crippen LogP contribution in [0.1, 0.15) is 135 Å². The molecule has 0 aromatic rings. The van der Waals surface area contributed by atoms with Gasteiger partial charge in [0, 0.05) is 12.1 Å². The summed E-state index contributed by atoms with van der Waals surface area (Å²) >= 11 is 0. The Morgan fingerprint density at radius 2 is 1.11 bits per heavy atom. The minimum atomic E-state index is 0.0956. The van der Waals surface area contributed by atoms with Crippen molar-refractivity contribution in [3.8, 4) is 0 Å². The van der Waals surface area contributed by atoms with Crippen LogP contribution >= 0.6 is 0 Å². The van der Waals surface area contributed by atoms with E-state index in [1.807, 2.05) is 0 Å². The predicted molar refractivity (Wildman–Crippen MR) is 145 cm³/mol. The van der Waals surface area contributed by atoms with Gasteiger partial charge in [0.2, 0.25) is 0 Å². The van der Waals surface area contributed by atoms with Crippen molar-refractivity contribution in [1.29, 1.82) is 0 Å². The molecule has 4 N–H and O–H groups in total. The average molecular weight is 499 g/mol. The van der Waals surface area contributed by atoms with Crippen molar-refractivity contribution in [2.75, 3.05) is 0 Å². The SMILES string of the molecule is NC1CCC(OC2CCC(OC3CCC(N)CC3)(C34CCC(CC3)C4)C(C34CCC(CC3)C4)C2)CC1. The van der Waals surface area contributed by atoms with Crippen molar-refractivity contribution in [3.63, 3.8) is 0 Å². The third-order valence-corrected chi connectivity index (χ3v) is 13.3. The van der Waals surface area contributed by atoms with Gasteiger partial charge in [0.25, 0.3) is 0 Å². The Hall–Kier alpha value is -0.160. The second kappa shape index (κ2) is 9.49. The largest absolute Gasteiger partial charge is 0.375 e. The Bertz CT molecular complexity index is 769. The van der Waals surface area contributed by atoms with E-state index in [9.17, 15) is 0 Å². The van der Waals surface area contributed by atoms with Gasteiger partial charge >= 0.3 is 0 Å². The molecule has 7 rings (SSSR count). The van der Waals surface area contributed by atoms with E-state index in [2.05, 4.69) is 0 Å². The van der Waals surface area contributed by atoms with Gasteiger partial charge in [-0.15, -0.1) is 0 Å². The Balaban J connectivity index is 1.20. The molecule has 7 aliphatic rings. The summed E-state index contributed by atoms with van der Waals surface area (Å²) in [5.41, 5.74) is 13.7. The Morgan fingerprint density at radius 1 is 0.528 bits per heavy atom. The van der Waals surface area contributed by atoms with Gasteiger partial charge in [-0.2, -0.15) is 0 Å². The highest BCUT2D eigenvalue weighted by Crippen LogP contribution is 2.71. The molecule has 36 heavy (non-hydrogen) atoms. The van der Waals surface area contributed by atoms with Crippen molar-refractivity contribution < 1.29 is 9.47 Å². The van der Waals surface area contributed by atoms with Gasteiger partial charge < -0.3 is 20.9 Å². The summed E-state index contributed by atoms with van der Waals surface area (Å²) in [4.78, 5) is 0. The quantitative estimate of drug-likeness (QED) is 0.431. The molecule has 0 saturated heterocycles. The minimum Gasteiger partial charge on any atom is -0.375 e. The van der Waals surface area contributed by atoms with Crippen molar-refractivity contribution in [1.82, 2.24) is 0 Å². The van der Waals surface area contributed by atoms with E-state index in [0.29, 0.717) is 47.1 Å². The molecule has 7 saturated carbocycles. The van der Waals surface area contributed by atoms with Gasteiger partial charge in [-0.3, -0.25) is 0 Å². The highest BCUT2D eigenvalue weighted by molar-refractivity contribution is 5.18. The number of fused-ring (bicyclic) bond motifs is 4. The van der Waals surface area contributed by atoms with E-state index >= 15 is 0 Å². The standard InChI is InChI=1S/C32H54N2O2/c33-24-1-5-26(6-2-24)35-28-13-18-32(31-16-11-23(21-31)12-17-31,36-27-7-3-25(34)4-8-27)29(19-28)30-14-9-22(20-30)10-15-30/h22-29H,1-21,33-34H2. The fourth-order valence-corrected chi connectivity index (χ4v) is 11.4. The lowest BCUT2D eigenvalue weighted by Crippen LogP contribution is -2.62. The third-order valence-electron chi connectivity index (χ3n) is 13.3. The van der Waals surface area contributed by atoms with E-state index in [-0.39, 0.29) is 5.60 Å². The van der Waals surface area contributed by atoms with Gasteiger partial charge in [0.05, 0.1) is 23.9 Å². The van der Waals surface area contributed by atoms with Crippen LogP contribution in [0.3, 0.4) is 0 Å². The zero-order chi connectivity index (χ0) is 24.4. The van der Waals surface area contributed by atoms with E-state index in [0.717, 1.165) is 37.5 Å². The van der Waals surface area contributed by atoms with Crippen LogP contribution in [0.5, 0.6) is 0 Å². The summed E-state index contributed by atoms with van der Waals surface area (Å²) in [7, 11) is 0. The molecule has 7 fully saturated rings. The molecule has 0 aliphatic heterocycles. The van der Waals surface area contributed by atoms with E-state index in [1.54, 1.807) is 0 Å². The maximum absolute atomic E-state index is 7.77. The molecule has 4 heteroatoms. The van der Waals surface area contributed by atoms with Crippen molar-refractivity contribution in [2.45, 2.75) is 171 Å². The van der Waals surface area contributed by atoms with Crippen LogP contribution in [0.4, 0.5) is 0 Å². The van der Waals surface area contributed by atoms with Gasteiger partial charge in [-0.1, -0.05) is 0 Å². The summed E-state index contributed by atoms with van der Waals surface area (Å²) in [5, 5.41) is 0. The first-order valence-corrected chi connectivity index (χ1v) is 16.3. The Kier molecular flexibility index (Phi) is 6.55. The molecule has 0 heterocycles. The van der Waals surface area contributed by atoms with E-state index < -0.39 is 0 Å². The van der Waals surface area contributed by atoms with Crippen molar-refractivity contribution >= 4 is 0 Å². The highest BCUT2D eigenvalue weighted by Gasteiger charge is 2.68. The second-order valence-corrected chi connectivity index (χ2v) is 15.1. The maximum atomic E-state index is 7.77. The number of nitrogens with two attached hydrogens (primary N) is 2. The first-order valence-electron chi connectivity index (χ1n) is 16.3. The number of hydrogen-bond donors (Lipinski definition) is 2. The lowest BCUT2D eigenvalue weighted by Gasteiger charge is -2.61. The third kappa shape index (κ3) is 4.14. The fourth-order valence-electron chi connectivity index (χ4n) is 11.4. The van der Waals surface area contributed by atoms with Gasteiger partial charge in [-0.05, 0) is 163 Å². The molecular formula is C32H54N2O2. The maximum Gasteiger partial charge on any atom is 0.0777 e. The van der Waals surface area contributed by atoms with Crippen LogP contribution < -0.4 is 11.5 Å². The lowest BCUT2D eigenvalue weighted by molar-refractivity contribution is -0.255. The topological polar surface area (TPSA) is 70.5 Å². The Labute approximate surface area is 220 Å².